The maximum absolute atomic E-state index is 12.2. The van der Waals surface area contributed by atoms with E-state index in [9.17, 15) is 4.79 Å². The molecule has 1 heterocycles. The van der Waals surface area contributed by atoms with Gasteiger partial charge in [-0.05, 0) is 35.9 Å². The zero-order valence-electron chi connectivity index (χ0n) is 11.2. The first-order valence-electron chi connectivity index (χ1n) is 6.72. The van der Waals surface area contributed by atoms with Gasteiger partial charge in [-0.1, -0.05) is 12.1 Å². The van der Waals surface area contributed by atoms with Gasteiger partial charge in [-0.2, -0.15) is 0 Å². The first-order chi connectivity index (χ1) is 9.19. The van der Waals surface area contributed by atoms with Crippen molar-refractivity contribution >= 4 is 16.8 Å². The molecule has 1 amide bonds. The van der Waals surface area contributed by atoms with Gasteiger partial charge in [-0.25, -0.2) is 0 Å². The van der Waals surface area contributed by atoms with Gasteiger partial charge in [0.05, 0.1) is 0 Å². The molecule has 0 atom stereocenters. The van der Waals surface area contributed by atoms with Crippen LogP contribution in [0.5, 0.6) is 0 Å². The Balaban J connectivity index is 1.85. The summed E-state index contributed by atoms with van der Waals surface area (Å²) in [5.41, 5.74) is 7.85. The quantitative estimate of drug-likeness (QED) is 0.906. The van der Waals surface area contributed by atoms with Gasteiger partial charge in [-0.15, -0.1) is 0 Å². The van der Waals surface area contributed by atoms with Gasteiger partial charge >= 0.3 is 0 Å². The fourth-order valence-corrected chi connectivity index (χ4v) is 2.42. The number of amides is 1. The number of aromatic nitrogens is 1. The van der Waals surface area contributed by atoms with Crippen molar-refractivity contribution in [3.05, 3.63) is 36.0 Å². The summed E-state index contributed by atoms with van der Waals surface area (Å²) in [5, 5.41) is 1.15. The van der Waals surface area contributed by atoms with E-state index in [4.69, 9.17) is 5.73 Å². The van der Waals surface area contributed by atoms with Gasteiger partial charge in [0.1, 0.15) is 6.54 Å². The van der Waals surface area contributed by atoms with Gasteiger partial charge in [0.2, 0.25) is 5.91 Å². The SMILES string of the molecule is CN(C(=O)Cn1ccc2ccc(CN)cc21)C1CC1. The summed E-state index contributed by atoms with van der Waals surface area (Å²) < 4.78 is 2.01. The summed E-state index contributed by atoms with van der Waals surface area (Å²) in [7, 11) is 1.90. The summed E-state index contributed by atoms with van der Waals surface area (Å²) in [6.45, 7) is 0.932. The van der Waals surface area contributed by atoms with E-state index in [0.717, 1.165) is 29.3 Å². The fraction of sp³-hybridized carbons (Fsp3) is 0.400. The van der Waals surface area contributed by atoms with Crippen LogP contribution in [-0.4, -0.2) is 28.5 Å². The van der Waals surface area contributed by atoms with E-state index in [1.165, 1.54) is 0 Å². The largest absolute Gasteiger partial charge is 0.341 e. The number of hydrogen-bond acceptors (Lipinski definition) is 2. The van der Waals surface area contributed by atoms with E-state index in [0.29, 0.717) is 19.1 Å². The Morgan fingerprint density at radius 2 is 2.21 bits per heavy atom. The smallest absolute Gasteiger partial charge is 0.242 e. The molecule has 3 rings (SSSR count). The van der Waals surface area contributed by atoms with Crippen molar-refractivity contribution in [1.82, 2.24) is 9.47 Å². The number of hydrogen-bond donors (Lipinski definition) is 1. The molecular weight excluding hydrogens is 238 g/mol. The Labute approximate surface area is 112 Å². The van der Waals surface area contributed by atoms with E-state index in [1.807, 2.05) is 34.8 Å². The van der Waals surface area contributed by atoms with Crippen molar-refractivity contribution in [2.75, 3.05) is 7.05 Å². The van der Waals surface area contributed by atoms with E-state index in [1.54, 1.807) is 0 Å². The van der Waals surface area contributed by atoms with Crippen molar-refractivity contribution in [3.63, 3.8) is 0 Å². The van der Waals surface area contributed by atoms with Gasteiger partial charge in [0.25, 0.3) is 0 Å². The maximum Gasteiger partial charge on any atom is 0.242 e. The number of nitrogens with two attached hydrogens (primary N) is 1. The molecule has 0 spiro atoms. The van der Waals surface area contributed by atoms with Crippen LogP contribution >= 0.6 is 0 Å². The molecule has 100 valence electrons. The molecule has 1 aliphatic rings. The number of benzene rings is 1. The van der Waals surface area contributed by atoms with Crippen LogP contribution < -0.4 is 5.73 Å². The highest BCUT2D eigenvalue weighted by Crippen LogP contribution is 2.26. The molecule has 4 heteroatoms. The van der Waals surface area contributed by atoms with Crippen molar-refractivity contribution in [1.29, 1.82) is 0 Å². The second-order valence-electron chi connectivity index (χ2n) is 5.28. The van der Waals surface area contributed by atoms with Crippen LogP contribution in [0.15, 0.2) is 30.5 Å². The summed E-state index contributed by atoms with van der Waals surface area (Å²) in [6, 6.07) is 8.67. The van der Waals surface area contributed by atoms with E-state index >= 15 is 0 Å². The second kappa shape index (κ2) is 4.70. The third-order valence-corrected chi connectivity index (χ3v) is 3.87. The molecule has 1 fully saturated rings. The number of nitrogens with zero attached hydrogens (tertiary/aromatic N) is 2. The minimum atomic E-state index is 0.179. The van der Waals surface area contributed by atoms with Gasteiger partial charge < -0.3 is 15.2 Å². The molecule has 0 aliphatic heterocycles. The van der Waals surface area contributed by atoms with Crippen LogP contribution in [0.4, 0.5) is 0 Å². The number of rotatable bonds is 4. The topological polar surface area (TPSA) is 51.3 Å². The maximum atomic E-state index is 12.2. The van der Waals surface area contributed by atoms with Crippen molar-refractivity contribution in [2.45, 2.75) is 32.0 Å². The summed E-state index contributed by atoms with van der Waals surface area (Å²) in [6.07, 6.45) is 4.27. The lowest BCUT2D eigenvalue weighted by Crippen LogP contribution is -2.31. The monoisotopic (exact) mass is 257 g/mol. The molecular formula is C15H19N3O. The standard InChI is InChI=1S/C15H19N3O/c1-17(13-4-5-13)15(19)10-18-7-6-12-3-2-11(9-16)8-14(12)18/h2-3,6-8,13H,4-5,9-10,16H2,1H3. The van der Waals surface area contributed by atoms with E-state index in [-0.39, 0.29) is 5.91 Å². The lowest BCUT2D eigenvalue weighted by Gasteiger charge is -2.17. The lowest BCUT2D eigenvalue weighted by molar-refractivity contribution is -0.130. The predicted octanol–water partition coefficient (Wildman–Crippen LogP) is 1.72. The van der Waals surface area contributed by atoms with Crippen molar-refractivity contribution in [3.8, 4) is 0 Å². The van der Waals surface area contributed by atoms with Crippen molar-refractivity contribution in [2.24, 2.45) is 5.73 Å². The zero-order valence-corrected chi connectivity index (χ0v) is 11.2. The molecule has 1 aliphatic carbocycles. The van der Waals surface area contributed by atoms with Crippen molar-refractivity contribution < 1.29 is 4.79 Å². The number of carbonyl (C=O) groups excluding carboxylic acids is 1. The number of carbonyl (C=O) groups is 1. The molecule has 2 N–H and O–H groups in total. The van der Waals surface area contributed by atoms with E-state index < -0.39 is 0 Å². The molecule has 0 radical (unpaired) electrons. The Kier molecular flexibility index (Phi) is 3.03. The van der Waals surface area contributed by atoms with Gasteiger partial charge in [-0.3, -0.25) is 4.79 Å². The molecule has 1 aromatic heterocycles. The highest BCUT2D eigenvalue weighted by atomic mass is 16.2. The molecule has 2 aromatic rings. The minimum absolute atomic E-state index is 0.179. The van der Waals surface area contributed by atoms with Crippen LogP contribution in [0.1, 0.15) is 18.4 Å². The first kappa shape index (κ1) is 12.2. The van der Waals surface area contributed by atoms with Gasteiger partial charge in [0, 0.05) is 31.3 Å². The Morgan fingerprint density at radius 1 is 1.42 bits per heavy atom. The second-order valence-corrected chi connectivity index (χ2v) is 5.28. The van der Waals surface area contributed by atoms with Crippen LogP contribution in [0, 0.1) is 0 Å². The molecule has 0 bridgehead atoms. The van der Waals surface area contributed by atoms with E-state index in [2.05, 4.69) is 12.1 Å². The molecule has 1 aromatic carbocycles. The van der Waals surface area contributed by atoms with Crippen LogP contribution in [0.25, 0.3) is 10.9 Å². The Morgan fingerprint density at radius 3 is 2.89 bits per heavy atom. The summed E-state index contributed by atoms with van der Waals surface area (Å²) >= 11 is 0. The molecule has 19 heavy (non-hydrogen) atoms. The van der Waals surface area contributed by atoms with Crippen LogP contribution in [0.2, 0.25) is 0 Å². The lowest BCUT2D eigenvalue weighted by atomic mass is 10.1. The molecule has 0 unspecified atom stereocenters. The normalized spacial score (nSPS) is 14.8. The van der Waals surface area contributed by atoms with Gasteiger partial charge in [0.15, 0.2) is 0 Å². The minimum Gasteiger partial charge on any atom is -0.341 e. The fourth-order valence-electron chi connectivity index (χ4n) is 2.42. The predicted molar refractivity (Wildman–Crippen MR) is 75.6 cm³/mol. The highest BCUT2D eigenvalue weighted by Gasteiger charge is 2.29. The molecule has 1 saturated carbocycles. The van der Waals surface area contributed by atoms with Crippen LogP contribution in [0.3, 0.4) is 0 Å². The third kappa shape index (κ3) is 2.36. The zero-order chi connectivity index (χ0) is 13.4. The summed E-state index contributed by atoms with van der Waals surface area (Å²) in [5.74, 6) is 0.179. The molecule has 0 saturated heterocycles. The van der Waals surface area contributed by atoms with Crippen LogP contribution in [-0.2, 0) is 17.9 Å². The average molecular weight is 257 g/mol. The highest BCUT2D eigenvalue weighted by molar-refractivity contribution is 5.84. The number of likely N-dealkylation sites (N-methyl/N-ethyl adjacent to an activating group) is 1. The third-order valence-electron chi connectivity index (χ3n) is 3.87. The number of fused-ring (bicyclic) bond motifs is 1. The average Bonchev–Trinajstić information content (AvgIpc) is 3.21. The summed E-state index contributed by atoms with van der Waals surface area (Å²) in [4.78, 5) is 14.0. The Hall–Kier alpha value is -1.81. The molecule has 4 nitrogen and oxygen atoms in total. The first-order valence-corrected chi connectivity index (χ1v) is 6.72. The Bertz CT molecular complexity index is 613.